The molecule has 1 unspecified atom stereocenters. The SMILES string of the molecule is CC(=O)N1c2ccc(CCN)cc2CC1C. The van der Waals surface area contributed by atoms with Crippen LogP contribution in [0.15, 0.2) is 18.2 Å². The average Bonchev–Trinajstić information content (AvgIpc) is 2.53. The van der Waals surface area contributed by atoms with Crippen LogP contribution in [0.5, 0.6) is 0 Å². The maximum absolute atomic E-state index is 11.5. The molecule has 0 saturated heterocycles. The smallest absolute Gasteiger partial charge is 0.224 e. The minimum atomic E-state index is 0.123. The minimum Gasteiger partial charge on any atom is -0.330 e. The highest BCUT2D eigenvalue weighted by Crippen LogP contribution is 2.32. The van der Waals surface area contributed by atoms with E-state index in [1.807, 2.05) is 11.0 Å². The van der Waals surface area contributed by atoms with Crippen molar-refractivity contribution in [2.75, 3.05) is 11.4 Å². The maximum atomic E-state index is 11.5. The molecule has 1 amide bonds. The van der Waals surface area contributed by atoms with Crippen molar-refractivity contribution in [1.82, 2.24) is 0 Å². The minimum absolute atomic E-state index is 0.123. The maximum Gasteiger partial charge on any atom is 0.224 e. The van der Waals surface area contributed by atoms with Crippen molar-refractivity contribution in [3.63, 3.8) is 0 Å². The van der Waals surface area contributed by atoms with Gasteiger partial charge in [-0.15, -0.1) is 0 Å². The lowest BCUT2D eigenvalue weighted by Gasteiger charge is -2.20. The van der Waals surface area contributed by atoms with Gasteiger partial charge in [-0.3, -0.25) is 4.79 Å². The fraction of sp³-hybridized carbons (Fsp3) is 0.462. The van der Waals surface area contributed by atoms with Gasteiger partial charge in [-0.2, -0.15) is 0 Å². The van der Waals surface area contributed by atoms with Crippen LogP contribution in [0.3, 0.4) is 0 Å². The van der Waals surface area contributed by atoms with Crippen LogP contribution in [0.1, 0.15) is 25.0 Å². The van der Waals surface area contributed by atoms with Crippen molar-refractivity contribution in [3.8, 4) is 0 Å². The largest absolute Gasteiger partial charge is 0.330 e. The fourth-order valence-corrected chi connectivity index (χ4v) is 2.49. The summed E-state index contributed by atoms with van der Waals surface area (Å²) in [4.78, 5) is 13.4. The number of hydrogen-bond donors (Lipinski definition) is 1. The van der Waals surface area contributed by atoms with Crippen LogP contribution in [0.2, 0.25) is 0 Å². The molecule has 2 rings (SSSR count). The summed E-state index contributed by atoms with van der Waals surface area (Å²) >= 11 is 0. The van der Waals surface area contributed by atoms with Gasteiger partial charge in [0.2, 0.25) is 5.91 Å². The number of carbonyl (C=O) groups excluding carboxylic acids is 1. The molecule has 0 aliphatic carbocycles. The second kappa shape index (κ2) is 4.26. The Bertz CT molecular complexity index is 414. The lowest BCUT2D eigenvalue weighted by molar-refractivity contribution is -0.116. The summed E-state index contributed by atoms with van der Waals surface area (Å²) in [5, 5.41) is 0. The molecule has 1 atom stereocenters. The van der Waals surface area contributed by atoms with E-state index in [4.69, 9.17) is 5.73 Å². The van der Waals surface area contributed by atoms with Gasteiger partial charge >= 0.3 is 0 Å². The van der Waals surface area contributed by atoms with Crippen LogP contribution >= 0.6 is 0 Å². The molecule has 0 aromatic heterocycles. The second-order valence-corrected chi connectivity index (χ2v) is 4.44. The number of benzene rings is 1. The molecule has 0 fully saturated rings. The normalized spacial score (nSPS) is 18.7. The van der Waals surface area contributed by atoms with E-state index in [1.54, 1.807) is 6.92 Å². The topological polar surface area (TPSA) is 46.3 Å². The molecule has 16 heavy (non-hydrogen) atoms. The Balaban J connectivity index is 2.34. The molecular formula is C13H18N2O. The van der Waals surface area contributed by atoms with E-state index in [-0.39, 0.29) is 11.9 Å². The Morgan fingerprint density at radius 2 is 2.31 bits per heavy atom. The van der Waals surface area contributed by atoms with Crippen LogP contribution < -0.4 is 10.6 Å². The number of anilines is 1. The molecule has 3 nitrogen and oxygen atoms in total. The third kappa shape index (κ3) is 1.83. The predicted octanol–water partition coefficient (Wildman–Crippen LogP) is 1.49. The highest BCUT2D eigenvalue weighted by molar-refractivity contribution is 5.94. The van der Waals surface area contributed by atoms with E-state index < -0.39 is 0 Å². The molecule has 0 bridgehead atoms. The Morgan fingerprint density at radius 1 is 1.56 bits per heavy atom. The van der Waals surface area contributed by atoms with Gasteiger partial charge in [-0.05, 0) is 43.5 Å². The van der Waals surface area contributed by atoms with Crippen LogP contribution in [0.25, 0.3) is 0 Å². The number of hydrogen-bond acceptors (Lipinski definition) is 2. The van der Waals surface area contributed by atoms with Gasteiger partial charge in [0.25, 0.3) is 0 Å². The monoisotopic (exact) mass is 218 g/mol. The first-order valence-corrected chi connectivity index (χ1v) is 5.75. The van der Waals surface area contributed by atoms with Gasteiger partial charge in [0.1, 0.15) is 0 Å². The van der Waals surface area contributed by atoms with E-state index in [9.17, 15) is 4.79 Å². The average molecular weight is 218 g/mol. The third-order valence-corrected chi connectivity index (χ3v) is 3.13. The lowest BCUT2D eigenvalue weighted by atomic mass is 10.1. The summed E-state index contributed by atoms with van der Waals surface area (Å²) < 4.78 is 0. The van der Waals surface area contributed by atoms with Crippen molar-refractivity contribution < 1.29 is 4.79 Å². The summed E-state index contributed by atoms with van der Waals surface area (Å²) in [5.74, 6) is 0.123. The lowest BCUT2D eigenvalue weighted by Crippen LogP contribution is -2.33. The molecule has 0 spiro atoms. The molecule has 1 aliphatic rings. The predicted molar refractivity (Wildman–Crippen MR) is 65.5 cm³/mol. The van der Waals surface area contributed by atoms with Crippen LogP contribution in [0, 0.1) is 0 Å². The summed E-state index contributed by atoms with van der Waals surface area (Å²) in [7, 11) is 0. The molecule has 1 heterocycles. The van der Waals surface area contributed by atoms with Crippen molar-refractivity contribution in [2.45, 2.75) is 32.7 Å². The second-order valence-electron chi connectivity index (χ2n) is 4.44. The van der Waals surface area contributed by atoms with Gasteiger partial charge in [0.15, 0.2) is 0 Å². The van der Waals surface area contributed by atoms with E-state index >= 15 is 0 Å². The fourth-order valence-electron chi connectivity index (χ4n) is 2.49. The standard InChI is InChI=1S/C13H18N2O/c1-9-7-12-8-11(5-6-14)3-4-13(12)15(9)10(2)16/h3-4,8-9H,5-7,14H2,1-2H3. The van der Waals surface area contributed by atoms with Gasteiger partial charge in [-0.25, -0.2) is 0 Å². The summed E-state index contributed by atoms with van der Waals surface area (Å²) in [6.45, 7) is 4.38. The Labute approximate surface area is 96.2 Å². The number of rotatable bonds is 2. The number of fused-ring (bicyclic) bond motifs is 1. The van der Waals surface area contributed by atoms with Crippen molar-refractivity contribution in [1.29, 1.82) is 0 Å². The molecule has 0 saturated carbocycles. The number of amides is 1. The molecule has 1 aliphatic heterocycles. The summed E-state index contributed by atoms with van der Waals surface area (Å²) in [5.41, 5.74) is 9.15. The number of nitrogens with two attached hydrogens (primary N) is 1. The number of nitrogens with zero attached hydrogens (tertiary/aromatic N) is 1. The Hall–Kier alpha value is -1.35. The van der Waals surface area contributed by atoms with Gasteiger partial charge in [0.05, 0.1) is 0 Å². The first kappa shape index (κ1) is 11.1. The Morgan fingerprint density at radius 3 is 2.94 bits per heavy atom. The van der Waals surface area contributed by atoms with Crippen LogP contribution in [0.4, 0.5) is 5.69 Å². The summed E-state index contributed by atoms with van der Waals surface area (Å²) in [6, 6.07) is 6.58. The van der Waals surface area contributed by atoms with Crippen LogP contribution in [-0.4, -0.2) is 18.5 Å². The molecule has 2 N–H and O–H groups in total. The number of carbonyl (C=O) groups is 1. The van der Waals surface area contributed by atoms with E-state index in [0.717, 1.165) is 18.5 Å². The zero-order valence-corrected chi connectivity index (χ0v) is 9.86. The highest BCUT2D eigenvalue weighted by atomic mass is 16.2. The molecular weight excluding hydrogens is 200 g/mol. The molecule has 0 radical (unpaired) electrons. The summed E-state index contributed by atoms with van der Waals surface area (Å²) in [6.07, 6.45) is 1.86. The van der Waals surface area contributed by atoms with Crippen LogP contribution in [-0.2, 0) is 17.6 Å². The quantitative estimate of drug-likeness (QED) is 0.817. The van der Waals surface area contributed by atoms with E-state index in [2.05, 4.69) is 19.1 Å². The van der Waals surface area contributed by atoms with Gasteiger partial charge in [-0.1, -0.05) is 12.1 Å². The Kier molecular flexibility index (Phi) is 2.97. The van der Waals surface area contributed by atoms with E-state index in [0.29, 0.717) is 6.54 Å². The first-order valence-electron chi connectivity index (χ1n) is 5.75. The van der Waals surface area contributed by atoms with Gasteiger partial charge < -0.3 is 10.6 Å². The molecule has 1 aromatic rings. The molecule has 3 heteroatoms. The zero-order chi connectivity index (χ0) is 11.7. The zero-order valence-electron chi connectivity index (χ0n) is 9.86. The van der Waals surface area contributed by atoms with Gasteiger partial charge in [0, 0.05) is 18.7 Å². The van der Waals surface area contributed by atoms with Crippen molar-refractivity contribution >= 4 is 11.6 Å². The highest BCUT2D eigenvalue weighted by Gasteiger charge is 2.28. The van der Waals surface area contributed by atoms with Crippen molar-refractivity contribution in [3.05, 3.63) is 29.3 Å². The van der Waals surface area contributed by atoms with Crippen molar-refractivity contribution in [2.24, 2.45) is 5.73 Å². The molecule has 86 valence electrons. The first-order chi connectivity index (χ1) is 7.63. The molecule has 1 aromatic carbocycles. The van der Waals surface area contributed by atoms with E-state index in [1.165, 1.54) is 11.1 Å². The third-order valence-electron chi connectivity index (χ3n) is 3.13.